The van der Waals surface area contributed by atoms with Gasteiger partial charge in [0.25, 0.3) is 0 Å². The minimum Gasteiger partial charge on any atom is -0.358 e. The van der Waals surface area contributed by atoms with E-state index < -0.39 is 0 Å². The average molecular weight is 330 g/mol. The van der Waals surface area contributed by atoms with E-state index in [2.05, 4.69) is 18.8 Å². The van der Waals surface area contributed by atoms with Crippen molar-refractivity contribution in [3.63, 3.8) is 0 Å². The molecule has 1 heterocycles. The number of nitrogens with one attached hydrogen (secondary N) is 1. The van der Waals surface area contributed by atoms with Gasteiger partial charge >= 0.3 is 0 Å². The highest BCUT2D eigenvalue weighted by Gasteiger charge is 2.20. The molecule has 1 N–H and O–H groups in total. The minimum atomic E-state index is -0.155. The predicted octanol–water partition coefficient (Wildman–Crippen LogP) is 6.45. The number of hydrogen-bond acceptors (Lipinski definition) is 0. The molecule has 1 unspecified atom stereocenters. The third-order valence-electron chi connectivity index (χ3n) is 4.49. The van der Waals surface area contributed by atoms with Gasteiger partial charge in [0.2, 0.25) is 0 Å². The van der Waals surface area contributed by atoms with Gasteiger partial charge < -0.3 is 4.98 Å². The summed E-state index contributed by atoms with van der Waals surface area (Å²) in [5.41, 5.74) is 4.16. The summed E-state index contributed by atoms with van der Waals surface area (Å²) in [6, 6.07) is 12.9. The lowest BCUT2D eigenvalue weighted by molar-refractivity contribution is 0.600. The Balaban J connectivity index is 2.13. The van der Waals surface area contributed by atoms with Crippen LogP contribution >= 0.6 is 11.6 Å². The Morgan fingerprint density at radius 2 is 1.96 bits per heavy atom. The second-order valence-electron chi connectivity index (χ2n) is 6.05. The largest absolute Gasteiger partial charge is 0.358 e. The number of halogens is 2. The monoisotopic (exact) mass is 329 g/mol. The first-order valence-electron chi connectivity index (χ1n) is 8.16. The molecule has 0 radical (unpaired) electrons. The van der Waals surface area contributed by atoms with E-state index in [4.69, 9.17) is 11.6 Å². The SMILES string of the molecule is CCCCc1c(C(C)c2ccccc2F)[nH]c2ccc(Cl)cc12. The number of aromatic nitrogens is 1. The molecule has 1 atom stereocenters. The van der Waals surface area contributed by atoms with Crippen molar-refractivity contribution in [1.29, 1.82) is 0 Å². The molecule has 1 nitrogen and oxygen atoms in total. The van der Waals surface area contributed by atoms with Gasteiger partial charge in [-0.3, -0.25) is 0 Å². The van der Waals surface area contributed by atoms with Crippen molar-refractivity contribution in [3.05, 3.63) is 70.1 Å². The number of fused-ring (bicyclic) bond motifs is 1. The smallest absolute Gasteiger partial charge is 0.127 e. The first-order chi connectivity index (χ1) is 11.1. The fraction of sp³-hybridized carbons (Fsp3) is 0.300. The van der Waals surface area contributed by atoms with Crippen LogP contribution < -0.4 is 0 Å². The molecule has 0 aliphatic heterocycles. The number of aryl methyl sites for hydroxylation is 1. The number of hydrogen-bond donors (Lipinski definition) is 1. The van der Waals surface area contributed by atoms with Crippen LogP contribution in [0.2, 0.25) is 5.02 Å². The average Bonchev–Trinajstić information content (AvgIpc) is 2.90. The number of aromatic amines is 1. The molecule has 23 heavy (non-hydrogen) atoms. The van der Waals surface area contributed by atoms with E-state index in [-0.39, 0.29) is 11.7 Å². The van der Waals surface area contributed by atoms with Crippen LogP contribution in [0.15, 0.2) is 42.5 Å². The lowest BCUT2D eigenvalue weighted by Crippen LogP contribution is -2.03. The second kappa shape index (κ2) is 6.76. The number of unbranched alkanes of at least 4 members (excludes halogenated alkanes) is 1. The van der Waals surface area contributed by atoms with E-state index in [0.29, 0.717) is 0 Å². The van der Waals surface area contributed by atoms with Crippen LogP contribution in [0.4, 0.5) is 4.39 Å². The number of H-pyrrole nitrogens is 1. The molecule has 0 amide bonds. The van der Waals surface area contributed by atoms with Gasteiger partial charge in [0, 0.05) is 27.5 Å². The first kappa shape index (κ1) is 16.1. The van der Waals surface area contributed by atoms with Gasteiger partial charge in [0.05, 0.1) is 0 Å². The zero-order valence-corrected chi connectivity index (χ0v) is 14.3. The summed E-state index contributed by atoms with van der Waals surface area (Å²) in [6.07, 6.45) is 3.21. The van der Waals surface area contributed by atoms with Crippen LogP contribution in [0.3, 0.4) is 0 Å². The van der Waals surface area contributed by atoms with Gasteiger partial charge in [-0.2, -0.15) is 0 Å². The molecule has 0 bridgehead atoms. The molecular formula is C20H21ClFN. The lowest BCUT2D eigenvalue weighted by atomic mass is 9.92. The summed E-state index contributed by atoms with van der Waals surface area (Å²) >= 11 is 6.18. The molecule has 120 valence electrons. The normalized spacial score (nSPS) is 12.7. The third-order valence-corrected chi connectivity index (χ3v) is 4.72. The van der Waals surface area contributed by atoms with E-state index in [0.717, 1.165) is 46.4 Å². The van der Waals surface area contributed by atoms with Gasteiger partial charge in [-0.05, 0) is 48.2 Å². The van der Waals surface area contributed by atoms with Gasteiger partial charge in [-0.25, -0.2) is 4.39 Å². The Morgan fingerprint density at radius 1 is 1.17 bits per heavy atom. The summed E-state index contributed by atoms with van der Waals surface area (Å²) in [4.78, 5) is 3.50. The van der Waals surface area contributed by atoms with Crippen molar-refractivity contribution in [2.45, 2.75) is 39.0 Å². The Kier molecular flexibility index (Phi) is 4.72. The zero-order chi connectivity index (χ0) is 16.4. The molecule has 2 aromatic carbocycles. The second-order valence-corrected chi connectivity index (χ2v) is 6.49. The molecule has 3 heteroatoms. The Labute approximate surface area is 141 Å². The quantitative estimate of drug-likeness (QED) is 0.553. The maximum absolute atomic E-state index is 14.2. The van der Waals surface area contributed by atoms with Gasteiger partial charge in [0.1, 0.15) is 5.82 Å². The van der Waals surface area contributed by atoms with Crippen molar-refractivity contribution in [3.8, 4) is 0 Å². The highest BCUT2D eigenvalue weighted by molar-refractivity contribution is 6.31. The summed E-state index contributed by atoms with van der Waals surface area (Å²) in [7, 11) is 0. The Hall–Kier alpha value is -1.80. The molecule has 3 rings (SSSR count). The summed E-state index contributed by atoms with van der Waals surface area (Å²) in [5, 5.41) is 1.89. The van der Waals surface area contributed by atoms with Crippen molar-refractivity contribution in [2.24, 2.45) is 0 Å². The van der Waals surface area contributed by atoms with Crippen molar-refractivity contribution >= 4 is 22.5 Å². The summed E-state index contributed by atoms with van der Waals surface area (Å²) < 4.78 is 14.2. The fourth-order valence-corrected chi connectivity index (χ4v) is 3.39. The van der Waals surface area contributed by atoms with Gasteiger partial charge in [0.15, 0.2) is 0 Å². The molecule has 0 saturated heterocycles. The molecule has 1 aromatic heterocycles. The Bertz CT molecular complexity index is 822. The highest BCUT2D eigenvalue weighted by atomic mass is 35.5. The zero-order valence-electron chi connectivity index (χ0n) is 13.5. The maximum Gasteiger partial charge on any atom is 0.127 e. The molecule has 0 aliphatic rings. The maximum atomic E-state index is 14.2. The molecular weight excluding hydrogens is 309 g/mol. The summed E-state index contributed by atoms with van der Waals surface area (Å²) in [6.45, 7) is 4.24. The summed E-state index contributed by atoms with van der Waals surface area (Å²) in [5.74, 6) is -0.174. The van der Waals surface area contributed by atoms with E-state index in [9.17, 15) is 4.39 Å². The third kappa shape index (κ3) is 3.13. The van der Waals surface area contributed by atoms with Crippen LogP contribution in [0, 0.1) is 5.82 Å². The molecule has 0 aliphatic carbocycles. The first-order valence-corrected chi connectivity index (χ1v) is 8.54. The lowest BCUT2D eigenvalue weighted by Gasteiger charge is -2.14. The number of rotatable bonds is 5. The van der Waals surface area contributed by atoms with Crippen LogP contribution in [-0.2, 0) is 6.42 Å². The van der Waals surface area contributed by atoms with E-state index in [1.165, 1.54) is 11.6 Å². The predicted molar refractivity (Wildman–Crippen MR) is 95.8 cm³/mol. The minimum absolute atomic E-state index is 0.0192. The molecule has 0 spiro atoms. The molecule has 0 saturated carbocycles. The molecule has 0 fully saturated rings. The number of benzene rings is 2. The van der Waals surface area contributed by atoms with Crippen LogP contribution in [0.5, 0.6) is 0 Å². The standard InChI is InChI=1S/C20H21ClFN/c1-3-4-7-16-17-12-14(21)10-11-19(17)23-20(16)13(2)15-8-5-6-9-18(15)22/h5-6,8-13,23H,3-4,7H2,1-2H3. The van der Waals surface area contributed by atoms with Gasteiger partial charge in [-0.1, -0.05) is 50.1 Å². The van der Waals surface area contributed by atoms with Crippen LogP contribution in [0.25, 0.3) is 10.9 Å². The van der Waals surface area contributed by atoms with Crippen molar-refractivity contribution in [1.82, 2.24) is 4.98 Å². The Morgan fingerprint density at radius 3 is 2.70 bits per heavy atom. The van der Waals surface area contributed by atoms with E-state index in [1.807, 2.05) is 30.3 Å². The van der Waals surface area contributed by atoms with Crippen LogP contribution in [-0.4, -0.2) is 4.98 Å². The highest BCUT2D eigenvalue weighted by Crippen LogP contribution is 2.34. The van der Waals surface area contributed by atoms with Gasteiger partial charge in [-0.15, -0.1) is 0 Å². The van der Waals surface area contributed by atoms with Crippen LogP contribution in [0.1, 0.15) is 49.4 Å². The topological polar surface area (TPSA) is 15.8 Å². The van der Waals surface area contributed by atoms with E-state index >= 15 is 0 Å². The molecule has 3 aromatic rings. The van der Waals surface area contributed by atoms with Crippen molar-refractivity contribution in [2.75, 3.05) is 0 Å². The van der Waals surface area contributed by atoms with Crippen molar-refractivity contribution < 1.29 is 4.39 Å². The van der Waals surface area contributed by atoms with E-state index in [1.54, 1.807) is 6.07 Å². The fourth-order valence-electron chi connectivity index (χ4n) is 3.22.